The minimum atomic E-state index is -0.532. The van der Waals surface area contributed by atoms with Gasteiger partial charge < -0.3 is 24.3 Å². The number of ether oxygens (including phenoxy) is 4. The molecule has 4 rings (SSSR count). The molecule has 0 unspecified atom stereocenters. The Hall–Kier alpha value is -4.15. The van der Waals surface area contributed by atoms with Crippen LogP contribution in [-0.2, 0) is 11.4 Å². The molecule has 3 aromatic carbocycles. The van der Waals surface area contributed by atoms with Crippen LogP contribution in [0.25, 0.3) is 6.08 Å². The van der Waals surface area contributed by atoms with Crippen LogP contribution in [0.4, 0.5) is 5.69 Å². The Morgan fingerprint density at radius 2 is 1.94 bits per heavy atom. The molecule has 0 spiro atoms. The number of aryl methyl sites for hydroxylation is 1. The Balaban J connectivity index is 1.48. The molecule has 3 aromatic rings. The second kappa shape index (κ2) is 10.2. The highest BCUT2D eigenvalue weighted by atomic mass is 35.5. The molecule has 0 radical (unpaired) electrons. The fraction of sp³-hybridized carbons (Fsp3) is 0.154. The van der Waals surface area contributed by atoms with Crippen LogP contribution in [0.1, 0.15) is 16.7 Å². The van der Waals surface area contributed by atoms with Gasteiger partial charge in [-0.25, -0.2) is 0 Å². The number of nitrogens with zero attached hydrogens (tertiary/aromatic N) is 1. The standard InChI is InChI=1S/C26H21ClN2O5/c1-16-3-6-20(27)12-21(16)29-26(30)19(13-28)9-17-4-7-22(24(10-17)31-2)32-14-18-5-8-23-25(11-18)34-15-33-23/h3-12H,14-15H2,1-2H3,(H,29,30)/b19-9+. The first-order chi connectivity index (χ1) is 16.5. The zero-order valence-electron chi connectivity index (χ0n) is 18.6. The number of fused-ring (bicyclic) bond motifs is 1. The molecule has 0 aliphatic carbocycles. The second-order valence-corrected chi connectivity index (χ2v) is 7.91. The number of amides is 1. The molecule has 0 saturated carbocycles. The van der Waals surface area contributed by atoms with Crippen LogP contribution in [0, 0.1) is 18.3 Å². The summed E-state index contributed by atoms with van der Waals surface area (Å²) in [7, 11) is 1.52. The van der Waals surface area contributed by atoms with Gasteiger partial charge >= 0.3 is 0 Å². The van der Waals surface area contributed by atoms with E-state index in [-0.39, 0.29) is 12.4 Å². The Kier molecular flexibility index (Phi) is 6.90. The van der Waals surface area contributed by atoms with Crippen molar-refractivity contribution < 1.29 is 23.7 Å². The average molecular weight is 477 g/mol. The number of carbonyl (C=O) groups is 1. The van der Waals surface area contributed by atoms with Crippen molar-refractivity contribution in [3.63, 3.8) is 0 Å². The number of anilines is 1. The van der Waals surface area contributed by atoms with Gasteiger partial charge in [-0.15, -0.1) is 0 Å². The first-order valence-electron chi connectivity index (χ1n) is 10.4. The fourth-order valence-corrected chi connectivity index (χ4v) is 3.49. The molecule has 172 valence electrons. The number of carbonyl (C=O) groups excluding carboxylic acids is 1. The molecule has 1 heterocycles. The Bertz CT molecular complexity index is 1310. The van der Waals surface area contributed by atoms with Gasteiger partial charge in [0.2, 0.25) is 6.79 Å². The lowest BCUT2D eigenvalue weighted by Crippen LogP contribution is -2.14. The molecule has 1 aliphatic rings. The van der Waals surface area contributed by atoms with Gasteiger partial charge in [-0.2, -0.15) is 5.26 Å². The molecule has 7 nitrogen and oxygen atoms in total. The summed E-state index contributed by atoms with van der Waals surface area (Å²) in [5.74, 6) is 1.85. The normalized spacial score (nSPS) is 12.1. The highest BCUT2D eigenvalue weighted by molar-refractivity contribution is 6.31. The average Bonchev–Trinajstić information content (AvgIpc) is 3.31. The minimum absolute atomic E-state index is 0.0598. The van der Waals surface area contributed by atoms with Gasteiger partial charge in [-0.3, -0.25) is 4.79 Å². The molecule has 1 aliphatic heterocycles. The predicted octanol–water partition coefficient (Wildman–Crippen LogP) is 5.51. The Morgan fingerprint density at radius 3 is 2.74 bits per heavy atom. The number of hydrogen-bond acceptors (Lipinski definition) is 6. The monoisotopic (exact) mass is 476 g/mol. The number of hydrogen-bond donors (Lipinski definition) is 1. The largest absolute Gasteiger partial charge is 0.493 e. The van der Waals surface area contributed by atoms with Crippen LogP contribution in [0.15, 0.2) is 60.2 Å². The molecule has 1 N–H and O–H groups in total. The van der Waals surface area contributed by atoms with Crippen molar-refractivity contribution in [1.29, 1.82) is 5.26 Å². The summed E-state index contributed by atoms with van der Waals surface area (Å²) < 4.78 is 22.1. The third-order valence-electron chi connectivity index (χ3n) is 5.14. The number of nitrogens with one attached hydrogen (secondary N) is 1. The quantitative estimate of drug-likeness (QED) is 0.357. The van der Waals surface area contributed by atoms with Crippen LogP contribution < -0.4 is 24.3 Å². The molecule has 0 aromatic heterocycles. The molecule has 0 fully saturated rings. The number of rotatable bonds is 7. The zero-order chi connectivity index (χ0) is 24.1. The Labute approximate surface area is 202 Å². The summed E-state index contributed by atoms with van der Waals surface area (Å²) in [5.41, 5.74) is 2.84. The topological polar surface area (TPSA) is 89.8 Å². The lowest BCUT2D eigenvalue weighted by Gasteiger charge is -2.12. The number of benzene rings is 3. The van der Waals surface area contributed by atoms with E-state index in [0.29, 0.717) is 45.9 Å². The molecule has 1 amide bonds. The summed E-state index contributed by atoms with van der Waals surface area (Å²) in [6.07, 6.45) is 1.49. The van der Waals surface area contributed by atoms with Crippen molar-refractivity contribution in [1.82, 2.24) is 0 Å². The molecule has 34 heavy (non-hydrogen) atoms. The third kappa shape index (κ3) is 5.25. The molecular weight excluding hydrogens is 456 g/mol. The molecule has 0 saturated heterocycles. The maximum absolute atomic E-state index is 12.7. The molecular formula is C26H21ClN2O5. The van der Waals surface area contributed by atoms with E-state index in [4.69, 9.17) is 30.5 Å². The summed E-state index contributed by atoms with van der Waals surface area (Å²) >= 11 is 6.01. The van der Waals surface area contributed by atoms with Crippen molar-refractivity contribution in [2.75, 3.05) is 19.2 Å². The molecule has 8 heteroatoms. The number of nitriles is 1. The smallest absolute Gasteiger partial charge is 0.266 e. The summed E-state index contributed by atoms with van der Waals surface area (Å²) in [6, 6.07) is 17.9. The van der Waals surface area contributed by atoms with Gasteiger partial charge in [0.25, 0.3) is 5.91 Å². The first kappa shape index (κ1) is 23.0. The highest BCUT2D eigenvalue weighted by Crippen LogP contribution is 2.34. The molecule has 0 atom stereocenters. The lowest BCUT2D eigenvalue weighted by atomic mass is 10.1. The lowest BCUT2D eigenvalue weighted by molar-refractivity contribution is -0.112. The van der Waals surface area contributed by atoms with Gasteiger partial charge in [0.05, 0.1) is 7.11 Å². The van der Waals surface area contributed by atoms with Gasteiger partial charge in [0.1, 0.15) is 18.2 Å². The number of halogens is 1. The van der Waals surface area contributed by atoms with E-state index >= 15 is 0 Å². The predicted molar refractivity (Wildman–Crippen MR) is 128 cm³/mol. The molecule has 0 bridgehead atoms. The summed E-state index contributed by atoms with van der Waals surface area (Å²) in [5, 5.41) is 12.8. The van der Waals surface area contributed by atoms with Crippen molar-refractivity contribution in [3.05, 3.63) is 81.9 Å². The number of methoxy groups -OCH3 is 1. The van der Waals surface area contributed by atoms with E-state index in [1.807, 2.05) is 31.2 Å². The Morgan fingerprint density at radius 1 is 1.12 bits per heavy atom. The summed E-state index contributed by atoms with van der Waals surface area (Å²) in [4.78, 5) is 12.7. The van der Waals surface area contributed by atoms with Crippen LogP contribution in [0.2, 0.25) is 5.02 Å². The second-order valence-electron chi connectivity index (χ2n) is 7.47. The van der Waals surface area contributed by atoms with Gasteiger partial charge in [-0.05, 0) is 66.1 Å². The SMILES string of the molecule is COc1cc(/C=C(\C#N)C(=O)Nc2cc(Cl)ccc2C)ccc1OCc1ccc2c(c1)OCO2. The van der Waals surface area contributed by atoms with Crippen molar-refractivity contribution in [2.24, 2.45) is 0 Å². The fourth-order valence-electron chi connectivity index (χ4n) is 3.32. The van der Waals surface area contributed by atoms with Gasteiger partial charge in [0, 0.05) is 10.7 Å². The van der Waals surface area contributed by atoms with Gasteiger partial charge in [-0.1, -0.05) is 29.8 Å². The first-order valence-corrected chi connectivity index (χ1v) is 10.7. The highest BCUT2D eigenvalue weighted by Gasteiger charge is 2.15. The van der Waals surface area contributed by atoms with E-state index in [2.05, 4.69) is 5.32 Å². The maximum atomic E-state index is 12.7. The van der Waals surface area contributed by atoms with E-state index in [1.165, 1.54) is 13.2 Å². The van der Waals surface area contributed by atoms with E-state index < -0.39 is 5.91 Å². The van der Waals surface area contributed by atoms with Gasteiger partial charge in [0.15, 0.2) is 23.0 Å². The van der Waals surface area contributed by atoms with Crippen molar-refractivity contribution >= 4 is 29.3 Å². The van der Waals surface area contributed by atoms with E-state index in [1.54, 1.807) is 36.4 Å². The van der Waals surface area contributed by atoms with Crippen molar-refractivity contribution in [3.8, 4) is 29.1 Å². The summed E-state index contributed by atoms with van der Waals surface area (Å²) in [6.45, 7) is 2.35. The van der Waals surface area contributed by atoms with Crippen LogP contribution >= 0.6 is 11.6 Å². The van der Waals surface area contributed by atoms with E-state index in [9.17, 15) is 10.1 Å². The maximum Gasteiger partial charge on any atom is 0.266 e. The minimum Gasteiger partial charge on any atom is -0.493 e. The van der Waals surface area contributed by atoms with Crippen LogP contribution in [0.5, 0.6) is 23.0 Å². The third-order valence-corrected chi connectivity index (χ3v) is 5.38. The van der Waals surface area contributed by atoms with E-state index in [0.717, 1.165) is 11.1 Å². The zero-order valence-corrected chi connectivity index (χ0v) is 19.3. The van der Waals surface area contributed by atoms with Crippen LogP contribution in [-0.4, -0.2) is 19.8 Å². The van der Waals surface area contributed by atoms with Crippen LogP contribution in [0.3, 0.4) is 0 Å². The van der Waals surface area contributed by atoms with Crippen molar-refractivity contribution in [2.45, 2.75) is 13.5 Å².